The van der Waals surface area contributed by atoms with Crippen LogP contribution >= 0.6 is 11.6 Å². The smallest absolute Gasteiger partial charge is 0.407 e. The minimum absolute atomic E-state index is 0.0245. The highest BCUT2D eigenvalue weighted by Gasteiger charge is 2.39. The molecule has 1 aliphatic heterocycles. The fourth-order valence-corrected chi connectivity index (χ4v) is 7.78. The number of benzene rings is 3. The fraction of sp³-hybridized carbons (Fsp3) is 0.265. The van der Waals surface area contributed by atoms with E-state index < -0.39 is 45.8 Å². The average molecular weight is 723 g/mol. The Labute approximate surface area is 292 Å². The predicted molar refractivity (Wildman–Crippen MR) is 182 cm³/mol. The van der Waals surface area contributed by atoms with Gasteiger partial charge < -0.3 is 20.1 Å². The van der Waals surface area contributed by atoms with Crippen molar-refractivity contribution in [2.75, 3.05) is 32.1 Å². The quantitative estimate of drug-likeness (QED) is 0.127. The van der Waals surface area contributed by atoms with Crippen molar-refractivity contribution in [2.45, 2.75) is 35.7 Å². The van der Waals surface area contributed by atoms with Gasteiger partial charge in [-0.15, -0.1) is 0 Å². The number of anilines is 1. The third kappa shape index (κ3) is 8.14. The maximum Gasteiger partial charge on any atom is 0.407 e. The van der Waals surface area contributed by atoms with Crippen molar-refractivity contribution in [3.63, 3.8) is 0 Å². The molecule has 4 aromatic rings. The molecule has 1 aromatic heterocycles. The van der Waals surface area contributed by atoms with E-state index >= 15 is 4.39 Å². The lowest BCUT2D eigenvalue weighted by Crippen LogP contribution is -2.56. The molecule has 5 rings (SSSR count). The number of halogens is 2. The first kappa shape index (κ1) is 36.1. The molecule has 2 amide bonds. The van der Waals surface area contributed by atoms with Crippen LogP contribution in [-0.2, 0) is 21.2 Å². The molecule has 0 spiro atoms. The van der Waals surface area contributed by atoms with Crippen LogP contribution < -0.4 is 15.0 Å². The number of amides is 2. The summed E-state index contributed by atoms with van der Waals surface area (Å²) in [6.07, 6.45) is 0.322. The van der Waals surface area contributed by atoms with Gasteiger partial charge in [-0.3, -0.25) is 4.79 Å². The van der Waals surface area contributed by atoms with Crippen molar-refractivity contribution in [1.29, 1.82) is 5.53 Å². The maximum atomic E-state index is 15.5. The number of nitrogens with zero attached hydrogens (tertiary/aromatic N) is 5. The molecular formula is C34H34ClFN7O6S+. The number of aromatic nitrogens is 1. The number of nitrogens with one attached hydrogen (secondary N) is 2. The molecule has 260 valence electrons. The number of hydrogen-bond acceptors (Lipinski definition) is 8. The molecule has 1 fully saturated rings. The number of rotatable bonds is 12. The molecule has 16 heteroatoms. The largest absolute Gasteiger partial charge is 0.481 e. The van der Waals surface area contributed by atoms with Gasteiger partial charge in [0.1, 0.15) is 16.5 Å². The maximum absolute atomic E-state index is 15.5. The van der Waals surface area contributed by atoms with Crippen molar-refractivity contribution < 1.29 is 32.2 Å². The summed E-state index contributed by atoms with van der Waals surface area (Å²) in [7, 11) is -2.53. The molecule has 1 unspecified atom stereocenters. The van der Waals surface area contributed by atoms with E-state index in [1.54, 1.807) is 54.6 Å². The number of carbonyl (C=O) groups excluding carboxylic acids is 1. The highest BCUT2D eigenvalue weighted by atomic mass is 35.5. The van der Waals surface area contributed by atoms with Gasteiger partial charge in [-0.2, -0.15) is 4.31 Å². The summed E-state index contributed by atoms with van der Waals surface area (Å²) >= 11 is 6.14. The van der Waals surface area contributed by atoms with Crippen molar-refractivity contribution in [2.24, 2.45) is 5.11 Å². The first-order valence-electron chi connectivity index (χ1n) is 15.5. The van der Waals surface area contributed by atoms with Crippen molar-refractivity contribution in [1.82, 2.24) is 19.1 Å². The van der Waals surface area contributed by atoms with Crippen molar-refractivity contribution >= 4 is 39.3 Å². The van der Waals surface area contributed by atoms with E-state index in [-0.39, 0.29) is 48.6 Å². The van der Waals surface area contributed by atoms with Gasteiger partial charge in [0.15, 0.2) is 0 Å². The number of sulfonamides is 1. The molecule has 0 radical (unpaired) electrons. The summed E-state index contributed by atoms with van der Waals surface area (Å²) in [6, 6.07) is 19.9. The number of carbonyl (C=O) groups is 2. The molecular weight excluding hydrogens is 689 g/mol. The molecule has 1 saturated heterocycles. The van der Waals surface area contributed by atoms with Crippen LogP contribution in [0.25, 0.3) is 0 Å². The Kier molecular flexibility index (Phi) is 11.5. The summed E-state index contributed by atoms with van der Waals surface area (Å²) in [6.45, 7) is -0.229. The summed E-state index contributed by atoms with van der Waals surface area (Å²) in [5.74, 6) is -1.81. The third-order valence-corrected chi connectivity index (χ3v) is 10.7. The zero-order chi connectivity index (χ0) is 35.8. The van der Waals surface area contributed by atoms with E-state index in [9.17, 15) is 23.1 Å². The Balaban J connectivity index is 1.44. The van der Waals surface area contributed by atoms with Crippen LogP contribution in [0.4, 0.5) is 14.9 Å². The predicted octanol–water partition coefficient (Wildman–Crippen LogP) is 5.56. The molecule has 50 heavy (non-hydrogen) atoms. The second-order valence-corrected chi connectivity index (χ2v) is 13.8. The lowest BCUT2D eigenvalue weighted by atomic mass is 9.85. The lowest BCUT2D eigenvalue weighted by molar-refractivity contribution is -0.117. The Hall–Kier alpha value is -5.21. The molecule has 1 aliphatic rings. The van der Waals surface area contributed by atoms with Crippen molar-refractivity contribution in [3.05, 3.63) is 119 Å². The van der Waals surface area contributed by atoms with Gasteiger partial charge in [-0.05, 0) is 60.4 Å². The first-order chi connectivity index (χ1) is 24.0. The normalized spacial score (nSPS) is 16.1. The Morgan fingerprint density at radius 2 is 1.80 bits per heavy atom. The molecule has 3 aromatic carbocycles. The van der Waals surface area contributed by atoms with Gasteiger partial charge in [0.25, 0.3) is 5.91 Å². The first-order valence-corrected chi connectivity index (χ1v) is 17.3. The second-order valence-electron chi connectivity index (χ2n) is 11.4. The Morgan fingerprint density at radius 3 is 2.44 bits per heavy atom. The average Bonchev–Trinajstić information content (AvgIpc) is 3.12. The van der Waals surface area contributed by atoms with Gasteiger partial charge in [-0.25, -0.2) is 22.6 Å². The van der Waals surface area contributed by atoms with Crippen LogP contribution in [0.15, 0.2) is 101 Å². The fourth-order valence-electron chi connectivity index (χ4n) is 6.00. The third-order valence-electron chi connectivity index (χ3n) is 8.48. The highest BCUT2D eigenvalue weighted by Crippen LogP contribution is 2.33. The molecule has 0 aliphatic carbocycles. The van der Waals surface area contributed by atoms with Gasteiger partial charge >= 0.3 is 6.09 Å². The molecule has 0 bridgehead atoms. The molecule has 3 atom stereocenters. The summed E-state index contributed by atoms with van der Waals surface area (Å²) < 4.78 is 49.2. The minimum atomic E-state index is -4.00. The van der Waals surface area contributed by atoms with Gasteiger partial charge in [0.05, 0.1) is 12.0 Å². The van der Waals surface area contributed by atoms with Gasteiger partial charge in [0, 0.05) is 60.1 Å². The van der Waals surface area contributed by atoms with Crippen molar-refractivity contribution in [3.8, 4) is 5.88 Å². The Morgan fingerprint density at radius 1 is 1.08 bits per heavy atom. The number of carboxylic acid groups (broad SMARTS) is 1. The topological polar surface area (TPSA) is 179 Å². The number of ether oxygens (including phenoxy) is 1. The molecule has 2 heterocycles. The van der Waals surface area contributed by atoms with E-state index in [1.165, 1.54) is 47.9 Å². The van der Waals surface area contributed by atoms with Crippen LogP contribution in [0.1, 0.15) is 29.0 Å². The zero-order valence-corrected chi connectivity index (χ0v) is 28.4. The van der Waals surface area contributed by atoms with Crippen LogP contribution in [0.3, 0.4) is 0 Å². The Bertz CT molecular complexity index is 1980. The lowest BCUT2D eigenvalue weighted by Gasteiger charge is -2.39. The van der Waals surface area contributed by atoms with Crippen LogP contribution in [0, 0.1) is 11.3 Å². The van der Waals surface area contributed by atoms with E-state index in [0.717, 1.165) is 4.90 Å². The highest BCUT2D eigenvalue weighted by molar-refractivity contribution is 7.89. The van der Waals surface area contributed by atoms with Crippen LogP contribution in [0.2, 0.25) is 5.02 Å². The summed E-state index contributed by atoms with van der Waals surface area (Å²) in [5, 5.41) is 16.9. The van der Waals surface area contributed by atoms with E-state index in [4.69, 9.17) is 21.9 Å². The number of piperazine rings is 1. The van der Waals surface area contributed by atoms with Gasteiger partial charge in [0.2, 0.25) is 26.9 Å². The van der Waals surface area contributed by atoms with E-state index in [2.05, 4.69) is 20.3 Å². The minimum Gasteiger partial charge on any atom is -0.481 e. The standard InChI is InChI=1S/C34H33ClFN7O6S/c1-49-30-17-12-23(20-38-30)31(22-10-13-24(35)14-11-22)32(40-41-37)33(44)39-29-9-5-8-28(36)27(29)16-15-25-21-42(34(45)46)18-19-43(25)50(47,48)26-6-3-2-4-7-26/h2-14,17,20,25,31-32,37H,15-16,18-19,21H2,1H3,(H-,39,44,45,46)/p+1/t25?,31-,32-/m0/s1. The molecule has 13 nitrogen and oxygen atoms in total. The van der Waals surface area contributed by atoms with Crippen LogP contribution in [-0.4, -0.2) is 78.5 Å². The monoisotopic (exact) mass is 722 g/mol. The second kappa shape index (κ2) is 16.0. The molecule has 3 N–H and O–H groups in total. The van der Waals surface area contributed by atoms with E-state index in [1.807, 2.05) is 0 Å². The number of methoxy groups -OCH3 is 1. The summed E-state index contributed by atoms with van der Waals surface area (Å²) in [4.78, 5) is 34.5. The summed E-state index contributed by atoms with van der Waals surface area (Å²) in [5.41, 5.74) is 8.88. The van der Waals surface area contributed by atoms with E-state index in [0.29, 0.717) is 22.0 Å². The number of hydrogen-bond donors (Lipinski definition) is 3. The van der Waals surface area contributed by atoms with Crippen LogP contribution in [0.5, 0.6) is 5.88 Å². The molecule has 0 saturated carbocycles. The number of pyridine rings is 1. The van der Waals surface area contributed by atoms with Gasteiger partial charge in [-0.1, -0.05) is 54.1 Å². The zero-order valence-electron chi connectivity index (χ0n) is 26.8. The SMILES string of the molecule is COc1ccc([C@H](c2ccc(Cl)cc2)[C@H](N=[N+]=N)C(=O)Nc2cccc(F)c2CCC2CN(C(=O)O)CCN2S(=O)(=O)c2ccccc2)cn1.